The molecule has 3 N–H and O–H groups in total. The molecule has 1 aromatic carbocycles. The third-order valence-corrected chi connectivity index (χ3v) is 3.02. The van der Waals surface area contributed by atoms with E-state index in [1.54, 1.807) is 12.1 Å². The lowest BCUT2D eigenvalue weighted by Gasteiger charge is -2.07. The number of carbonyl (C=O) groups excluding carboxylic acids is 1. The molecule has 0 radical (unpaired) electrons. The van der Waals surface area contributed by atoms with Gasteiger partial charge in [-0.15, -0.1) is 0 Å². The Hall–Kier alpha value is -2.34. The van der Waals surface area contributed by atoms with Crippen LogP contribution in [0.2, 0.25) is 0 Å². The van der Waals surface area contributed by atoms with E-state index in [4.69, 9.17) is 9.52 Å². The molecule has 0 aliphatic rings. The molecule has 6 heteroatoms. The van der Waals surface area contributed by atoms with Gasteiger partial charge in [-0.05, 0) is 38.5 Å². The number of urea groups is 1. The van der Waals surface area contributed by atoms with Gasteiger partial charge in [-0.2, -0.15) is 0 Å². The molecule has 2 rings (SSSR count). The van der Waals surface area contributed by atoms with Crippen molar-refractivity contribution in [3.63, 3.8) is 0 Å². The molecule has 0 saturated heterocycles. The van der Waals surface area contributed by atoms with Gasteiger partial charge in [0.25, 0.3) is 0 Å². The van der Waals surface area contributed by atoms with Crippen molar-refractivity contribution >= 4 is 11.7 Å². The highest BCUT2D eigenvalue weighted by Gasteiger charge is 2.09. The first-order chi connectivity index (χ1) is 10.1. The fourth-order valence-electron chi connectivity index (χ4n) is 1.78. The number of oxazole rings is 1. The summed E-state index contributed by atoms with van der Waals surface area (Å²) < 4.78 is 5.57. The van der Waals surface area contributed by atoms with Gasteiger partial charge in [-0.25, -0.2) is 9.78 Å². The third-order valence-electron chi connectivity index (χ3n) is 3.02. The molecule has 0 fully saturated rings. The van der Waals surface area contributed by atoms with E-state index < -0.39 is 0 Å². The Bertz CT molecular complexity index is 603. The minimum Gasteiger partial charge on any atom is -0.441 e. The summed E-state index contributed by atoms with van der Waals surface area (Å²) >= 11 is 0. The first-order valence-corrected chi connectivity index (χ1v) is 6.80. The zero-order chi connectivity index (χ0) is 15.2. The van der Waals surface area contributed by atoms with Crippen molar-refractivity contribution < 1.29 is 14.3 Å². The summed E-state index contributed by atoms with van der Waals surface area (Å²) in [6.45, 7) is 4.24. The van der Waals surface area contributed by atoms with E-state index in [0.29, 0.717) is 24.5 Å². The number of rotatable bonds is 5. The van der Waals surface area contributed by atoms with E-state index in [2.05, 4.69) is 15.6 Å². The summed E-state index contributed by atoms with van der Waals surface area (Å²) in [5.41, 5.74) is 2.31. The lowest BCUT2D eigenvalue weighted by atomic mass is 10.2. The Morgan fingerprint density at radius 1 is 1.38 bits per heavy atom. The Balaban J connectivity index is 2.05. The quantitative estimate of drug-likeness (QED) is 0.738. The first-order valence-electron chi connectivity index (χ1n) is 6.80. The molecular weight excluding hydrogens is 270 g/mol. The van der Waals surface area contributed by atoms with Crippen molar-refractivity contribution in [3.8, 4) is 11.5 Å². The van der Waals surface area contributed by atoms with E-state index in [0.717, 1.165) is 17.0 Å². The number of hydrogen-bond donors (Lipinski definition) is 3. The number of nitrogens with one attached hydrogen (secondary N) is 2. The van der Waals surface area contributed by atoms with Crippen LogP contribution < -0.4 is 10.6 Å². The molecule has 0 spiro atoms. The summed E-state index contributed by atoms with van der Waals surface area (Å²) in [5, 5.41) is 14.1. The van der Waals surface area contributed by atoms with Gasteiger partial charge in [0.2, 0.25) is 5.89 Å². The highest BCUT2D eigenvalue weighted by atomic mass is 16.4. The number of amides is 2. The molecule has 0 bridgehead atoms. The number of carbonyl (C=O) groups is 1. The van der Waals surface area contributed by atoms with Crippen LogP contribution in [-0.2, 0) is 0 Å². The van der Waals surface area contributed by atoms with E-state index >= 15 is 0 Å². The summed E-state index contributed by atoms with van der Waals surface area (Å²) in [6, 6.07) is 6.99. The molecule has 6 nitrogen and oxygen atoms in total. The van der Waals surface area contributed by atoms with E-state index in [9.17, 15) is 4.79 Å². The van der Waals surface area contributed by atoms with Crippen molar-refractivity contribution in [1.82, 2.24) is 10.3 Å². The van der Waals surface area contributed by atoms with Crippen LogP contribution in [0, 0.1) is 13.8 Å². The average Bonchev–Trinajstić information content (AvgIpc) is 2.79. The van der Waals surface area contributed by atoms with Crippen LogP contribution in [0.25, 0.3) is 11.5 Å². The zero-order valence-electron chi connectivity index (χ0n) is 12.1. The first kappa shape index (κ1) is 15.1. The molecule has 2 amide bonds. The number of hydrogen-bond acceptors (Lipinski definition) is 4. The Morgan fingerprint density at radius 2 is 2.19 bits per heavy atom. The van der Waals surface area contributed by atoms with Crippen LogP contribution in [-0.4, -0.2) is 29.3 Å². The van der Waals surface area contributed by atoms with E-state index in [1.165, 1.54) is 0 Å². The summed E-state index contributed by atoms with van der Waals surface area (Å²) in [4.78, 5) is 16.0. The topological polar surface area (TPSA) is 87.4 Å². The van der Waals surface area contributed by atoms with E-state index in [1.807, 2.05) is 26.0 Å². The Labute approximate surface area is 123 Å². The molecule has 21 heavy (non-hydrogen) atoms. The van der Waals surface area contributed by atoms with Crippen LogP contribution in [0.15, 0.2) is 28.7 Å². The number of aromatic nitrogens is 1. The molecule has 0 unspecified atom stereocenters. The number of anilines is 1. The van der Waals surface area contributed by atoms with Crippen molar-refractivity contribution in [2.75, 3.05) is 18.5 Å². The van der Waals surface area contributed by atoms with Crippen LogP contribution in [0.4, 0.5) is 10.5 Å². The smallest absolute Gasteiger partial charge is 0.319 e. The van der Waals surface area contributed by atoms with Crippen molar-refractivity contribution in [2.45, 2.75) is 20.3 Å². The van der Waals surface area contributed by atoms with Gasteiger partial charge >= 0.3 is 6.03 Å². The second kappa shape index (κ2) is 6.90. The molecule has 0 aliphatic carbocycles. The SMILES string of the molecule is Cc1nc(-c2cccc(NC(=O)NCCCO)c2)oc1C. The second-order valence-corrected chi connectivity index (χ2v) is 4.70. The van der Waals surface area contributed by atoms with Crippen molar-refractivity contribution in [2.24, 2.45) is 0 Å². The van der Waals surface area contributed by atoms with Crippen LogP contribution in [0.3, 0.4) is 0 Å². The molecule has 1 heterocycles. The number of aliphatic hydroxyl groups is 1. The summed E-state index contributed by atoms with van der Waals surface area (Å²) in [7, 11) is 0. The fraction of sp³-hybridized carbons (Fsp3) is 0.333. The summed E-state index contributed by atoms with van der Waals surface area (Å²) in [6.07, 6.45) is 0.530. The monoisotopic (exact) mass is 289 g/mol. The summed E-state index contributed by atoms with van der Waals surface area (Å²) in [5.74, 6) is 1.32. The fourth-order valence-corrected chi connectivity index (χ4v) is 1.78. The molecular formula is C15H19N3O3. The lowest BCUT2D eigenvalue weighted by molar-refractivity contribution is 0.249. The molecule has 0 saturated carbocycles. The van der Waals surface area contributed by atoms with Crippen LogP contribution >= 0.6 is 0 Å². The maximum Gasteiger partial charge on any atom is 0.319 e. The maximum absolute atomic E-state index is 11.7. The van der Waals surface area contributed by atoms with E-state index in [-0.39, 0.29) is 12.6 Å². The molecule has 112 valence electrons. The second-order valence-electron chi connectivity index (χ2n) is 4.70. The number of aliphatic hydroxyl groups excluding tert-OH is 1. The predicted octanol–water partition coefficient (Wildman–Crippen LogP) is 2.46. The van der Waals surface area contributed by atoms with Crippen LogP contribution in [0.1, 0.15) is 17.9 Å². The van der Waals surface area contributed by atoms with Gasteiger partial charge in [0, 0.05) is 24.4 Å². The van der Waals surface area contributed by atoms with Gasteiger partial charge in [-0.1, -0.05) is 6.07 Å². The predicted molar refractivity (Wildman–Crippen MR) is 80.1 cm³/mol. The van der Waals surface area contributed by atoms with Gasteiger partial charge < -0.3 is 20.2 Å². The van der Waals surface area contributed by atoms with Gasteiger partial charge in [0.1, 0.15) is 5.76 Å². The number of nitrogens with zero attached hydrogens (tertiary/aromatic N) is 1. The minimum atomic E-state index is -0.305. The largest absolute Gasteiger partial charge is 0.441 e. The number of aryl methyl sites for hydroxylation is 2. The molecule has 0 atom stereocenters. The molecule has 0 aliphatic heterocycles. The molecule has 1 aromatic heterocycles. The Morgan fingerprint density at radius 3 is 2.86 bits per heavy atom. The van der Waals surface area contributed by atoms with Gasteiger partial charge in [-0.3, -0.25) is 0 Å². The minimum absolute atomic E-state index is 0.0542. The van der Waals surface area contributed by atoms with Gasteiger partial charge in [0.05, 0.1) is 5.69 Å². The Kier molecular flexibility index (Phi) is 4.94. The highest BCUT2D eigenvalue weighted by molar-refractivity contribution is 5.89. The maximum atomic E-state index is 11.7. The highest BCUT2D eigenvalue weighted by Crippen LogP contribution is 2.23. The standard InChI is InChI=1S/C15H19N3O3/c1-10-11(2)21-14(17-10)12-5-3-6-13(9-12)18-15(20)16-7-4-8-19/h3,5-6,9,19H,4,7-8H2,1-2H3,(H2,16,18,20). The van der Waals surface area contributed by atoms with Crippen molar-refractivity contribution in [3.05, 3.63) is 35.7 Å². The third kappa shape index (κ3) is 4.06. The van der Waals surface area contributed by atoms with Gasteiger partial charge in [0.15, 0.2) is 0 Å². The zero-order valence-corrected chi connectivity index (χ0v) is 12.1. The lowest BCUT2D eigenvalue weighted by Crippen LogP contribution is -2.29. The van der Waals surface area contributed by atoms with Crippen LogP contribution in [0.5, 0.6) is 0 Å². The number of benzene rings is 1. The molecule has 2 aromatic rings. The van der Waals surface area contributed by atoms with Crippen molar-refractivity contribution in [1.29, 1.82) is 0 Å². The normalized spacial score (nSPS) is 10.4. The average molecular weight is 289 g/mol.